The summed E-state index contributed by atoms with van der Waals surface area (Å²) in [4.78, 5) is 24.4. The third-order valence-electron chi connectivity index (χ3n) is 3.65. The highest BCUT2D eigenvalue weighted by atomic mass is 31.1. The lowest BCUT2D eigenvalue weighted by Crippen LogP contribution is -2.59. The van der Waals surface area contributed by atoms with Crippen LogP contribution in [-0.2, 0) is 22.7 Å². The van der Waals surface area contributed by atoms with E-state index < -0.39 is 5.54 Å². The highest BCUT2D eigenvalue weighted by Crippen LogP contribution is 2.25. The number of nitrogens with two attached hydrogens (primary N) is 1. The van der Waals surface area contributed by atoms with Crippen molar-refractivity contribution in [1.29, 1.82) is 0 Å². The van der Waals surface area contributed by atoms with Gasteiger partial charge in [-0.2, -0.15) is 0 Å². The molecule has 10 heteroatoms. The van der Waals surface area contributed by atoms with Gasteiger partial charge in [0, 0.05) is 15.3 Å². The van der Waals surface area contributed by atoms with Crippen molar-refractivity contribution in [3.8, 4) is 0 Å². The first-order chi connectivity index (χ1) is 10.6. The van der Waals surface area contributed by atoms with Crippen LogP contribution < -0.4 is 21.5 Å². The Balaban J connectivity index is 1.99. The minimum absolute atomic E-state index is 0.0346. The largest absolute Gasteiger partial charge is 0.341 e. The fraction of sp³-hybridized carbons (Fsp3) is 0.667. The van der Waals surface area contributed by atoms with Crippen LogP contribution in [0.5, 0.6) is 0 Å². The highest BCUT2D eigenvalue weighted by molar-refractivity contribution is 7.56. The molecule has 5 N–H and O–H groups in total. The third-order valence-corrected chi connectivity index (χ3v) is 4.39. The number of rotatable bonds is 7. The first kappa shape index (κ1) is 17.0. The number of amides is 1. The van der Waals surface area contributed by atoms with E-state index in [0.29, 0.717) is 32.5 Å². The second-order valence-corrected chi connectivity index (χ2v) is 6.03. The van der Waals surface area contributed by atoms with Gasteiger partial charge in [0.25, 0.3) is 0 Å². The van der Waals surface area contributed by atoms with Gasteiger partial charge in [-0.25, -0.2) is 4.68 Å². The normalized spacial score (nSPS) is 17.7. The molecule has 22 heavy (non-hydrogen) atoms. The van der Waals surface area contributed by atoms with Crippen molar-refractivity contribution >= 4 is 20.2 Å². The summed E-state index contributed by atoms with van der Waals surface area (Å²) in [6, 6.07) is 0. The molecule has 1 atom stereocenters. The lowest BCUT2D eigenvalue weighted by Gasteiger charge is -2.36. The number of hydrogen-bond donors (Lipinski definition) is 4. The zero-order chi connectivity index (χ0) is 16.0. The van der Waals surface area contributed by atoms with E-state index in [1.807, 2.05) is 7.05 Å². The van der Waals surface area contributed by atoms with Crippen LogP contribution in [0, 0.1) is 0 Å². The van der Waals surface area contributed by atoms with Gasteiger partial charge in [-0.05, 0) is 33.0 Å². The van der Waals surface area contributed by atoms with E-state index in [9.17, 15) is 9.59 Å². The van der Waals surface area contributed by atoms with Crippen molar-refractivity contribution in [2.45, 2.75) is 31.5 Å². The molecule has 1 aromatic heterocycles. The third kappa shape index (κ3) is 4.07. The van der Waals surface area contributed by atoms with E-state index in [1.165, 1.54) is 4.68 Å². The molecule has 1 unspecified atom stereocenters. The minimum atomic E-state index is -0.843. The van der Waals surface area contributed by atoms with Crippen LogP contribution >= 0.6 is 8.73 Å². The minimum Gasteiger partial charge on any atom is -0.341 e. The molecule has 1 fully saturated rings. The zero-order valence-electron chi connectivity index (χ0n) is 12.6. The van der Waals surface area contributed by atoms with Crippen LogP contribution in [0.1, 0.15) is 18.5 Å². The van der Waals surface area contributed by atoms with E-state index >= 15 is 0 Å². The summed E-state index contributed by atoms with van der Waals surface area (Å²) in [5, 5.41) is 16.9. The highest BCUT2D eigenvalue weighted by Gasteiger charge is 2.39. The van der Waals surface area contributed by atoms with Crippen molar-refractivity contribution in [1.82, 2.24) is 30.9 Å². The molecule has 2 rings (SSSR count). The molecule has 1 aromatic rings. The summed E-state index contributed by atoms with van der Waals surface area (Å²) in [6.07, 6.45) is 2.83. The van der Waals surface area contributed by atoms with Gasteiger partial charge < -0.3 is 21.5 Å². The summed E-state index contributed by atoms with van der Waals surface area (Å²) in [5.41, 5.74) is 5.34. The van der Waals surface area contributed by atoms with Gasteiger partial charge in [0.15, 0.2) is 5.52 Å². The van der Waals surface area contributed by atoms with Crippen LogP contribution in [0.2, 0.25) is 0 Å². The standard InChI is InChI=1S/C12H22N7O2P/c1-14-6-9-7-19(18-17-9)8-10(20)16-12(11(21)22-13)2-4-15-5-3-12/h7,14-15,22H,2-6,8,13H2,1H3,(H,16,20). The molecule has 122 valence electrons. The maximum Gasteiger partial charge on any atom is 0.242 e. The number of carbonyl (C=O) groups excluding carboxylic acids is 2. The van der Waals surface area contributed by atoms with E-state index in [0.717, 1.165) is 5.69 Å². The summed E-state index contributed by atoms with van der Waals surface area (Å²) in [6.45, 7) is 2.00. The van der Waals surface area contributed by atoms with Crippen molar-refractivity contribution in [2.75, 3.05) is 20.1 Å². The number of nitrogens with one attached hydrogen (secondary N) is 3. The predicted octanol–water partition coefficient (Wildman–Crippen LogP) is -1.69. The van der Waals surface area contributed by atoms with Crippen molar-refractivity contribution in [3.63, 3.8) is 0 Å². The molecule has 1 amide bonds. The number of nitrogens with zero attached hydrogens (tertiary/aromatic N) is 3. The molecule has 0 aromatic carbocycles. The van der Waals surface area contributed by atoms with Crippen molar-refractivity contribution < 1.29 is 9.59 Å². The molecule has 1 aliphatic rings. The van der Waals surface area contributed by atoms with E-state index in [4.69, 9.17) is 5.50 Å². The van der Waals surface area contributed by atoms with E-state index in [1.54, 1.807) is 6.20 Å². The van der Waals surface area contributed by atoms with Crippen LogP contribution in [-0.4, -0.2) is 52.1 Å². The molecule has 1 saturated heterocycles. The Kier molecular flexibility index (Phi) is 5.96. The number of piperidine rings is 1. The van der Waals surface area contributed by atoms with Gasteiger partial charge in [-0.15, -0.1) is 5.10 Å². The lowest BCUT2D eigenvalue weighted by atomic mass is 9.89. The number of hydrogen-bond acceptors (Lipinski definition) is 7. The molecule has 0 radical (unpaired) electrons. The topological polar surface area (TPSA) is 127 Å². The first-order valence-corrected chi connectivity index (χ1v) is 8.24. The summed E-state index contributed by atoms with van der Waals surface area (Å²) >= 11 is 0. The van der Waals surface area contributed by atoms with Crippen LogP contribution in [0.4, 0.5) is 0 Å². The molecule has 0 saturated carbocycles. The maximum absolute atomic E-state index is 12.2. The Morgan fingerprint density at radius 1 is 1.50 bits per heavy atom. The average molecular weight is 327 g/mol. The maximum atomic E-state index is 12.2. The Hall–Kier alpha value is -1.41. The van der Waals surface area contributed by atoms with Gasteiger partial charge in [0.05, 0.1) is 11.9 Å². The van der Waals surface area contributed by atoms with Crippen LogP contribution in [0.3, 0.4) is 0 Å². The molecular weight excluding hydrogens is 305 g/mol. The Bertz CT molecular complexity index is 527. The number of aromatic nitrogens is 3. The van der Waals surface area contributed by atoms with Gasteiger partial charge >= 0.3 is 0 Å². The molecule has 0 spiro atoms. The average Bonchev–Trinajstić information content (AvgIpc) is 2.94. The first-order valence-electron chi connectivity index (χ1n) is 7.16. The molecule has 2 heterocycles. The van der Waals surface area contributed by atoms with Crippen LogP contribution in [0.15, 0.2) is 6.20 Å². The monoisotopic (exact) mass is 327 g/mol. The smallest absolute Gasteiger partial charge is 0.242 e. The molecule has 0 bridgehead atoms. The SMILES string of the molecule is CNCc1cn(CC(=O)NC2(C(=O)PN)CCNCC2)nn1. The second kappa shape index (κ2) is 7.73. The van der Waals surface area contributed by atoms with Gasteiger partial charge in [-0.3, -0.25) is 9.59 Å². The second-order valence-electron chi connectivity index (χ2n) is 5.29. The summed E-state index contributed by atoms with van der Waals surface area (Å²) in [7, 11) is 1.49. The van der Waals surface area contributed by atoms with Gasteiger partial charge in [-0.1, -0.05) is 5.21 Å². The molecule has 9 nitrogen and oxygen atoms in total. The van der Waals surface area contributed by atoms with Crippen LogP contribution in [0.25, 0.3) is 0 Å². The Labute approximate surface area is 130 Å². The molecule has 1 aliphatic heterocycles. The zero-order valence-corrected chi connectivity index (χ0v) is 13.6. The van der Waals surface area contributed by atoms with E-state index in [-0.39, 0.29) is 26.7 Å². The number of carbonyl (C=O) groups is 2. The predicted molar refractivity (Wildman–Crippen MR) is 83.3 cm³/mol. The Morgan fingerprint density at radius 3 is 2.86 bits per heavy atom. The van der Waals surface area contributed by atoms with Gasteiger partial charge in [0.2, 0.25) is 5.91 Å². The van der Waals surface area contributed by atoms with E-state index in [2.05, 4.69) is 26.3 Å². The molecular formula is C12H22N7O2P. The summed E-state index contributed by atoms with van der Waals surface area (Å²) in [5.74, 6) is -0.255. The van der Waals surface area contributed by atoms with Crippen molar-refractivity contribution in [3.05, 3.63) is 11.9 Å². The lowest BCUT2D eigenvalue weighted by molar-refractivity contribution is -0.129. The quantitative estimate of drug-likeness (QED) is 0.440. The fourth-order valence-corrected chi connectivity index (χ4v) is 3.12. The fourth-order valence-electron chi connectivity index (χ4n) is 2.53. The van der Waals surface area contributed by atoms with Crippen molar-refractivity contribution in [2.24, 2.45) is 5.50 Å². The molecule has 0 aliphatic carbocycles. The summed E-state index contributed by atoms with van der Waals surface area (Å²) < 4.78 is 1.46. The Morgan fingerprint density at radius 2 is 2.23 bits per heavy atom. The van der Waals surface area contributed by atoms with Gasteiger partial charge in [0.1, 0.15) is 12.1 Å².